The first-order valence-corrected chi connectivity index (χ1v) is 11.2. The van der Waals surface area contributed by atoms with E-state index in [2.05, 4.69) is 10.1 Å². The van der Waals surface area contributed by atoms with Crippen LogP contribution in [0.25, 0.3) is 11.5 Å². The van der Waals surface area contributed by atoms with Gasteiger partial charge in [0.15, 0.2) is 12.3 Å². The van der Waals surface area contributed by atoms with Gasteiger partial charge in [0, 0.05) is 12.0 Å². The van der Waals surface area contributed by atoms with Gasteiger partial charge in [-0.1, -0.05) is 48.0 Å². The van der Waals surface area contributed by atoms with Crippen molar-refractivity contribution in [3.8, 4) is 11.5 Å². The molecular weight excluding hydrogens is 446 g/mol. The third kappa shape index (κ3) is 4.63. The lowest BCUT2D eigenvalue weighted by atomic mass is 10.0. The highest BCUT2D eigenvalue weighted by molar-refractivity contribution is 6.03. The lowest BCUT2D eigenvalue weighted by Gasteiger charge is -2.19. The van der Waals surface area contributed by atoms with Crippen molar-refractivity contribution >= 4 is 17.6 Å². The van der Waals surface area contributed by atoms with Crippen molar-refractivity contribution in [1.29, 1.82) is 0 Å². The average molecular weight is 469 g/mol. The largest absolute Gasteiger partial charge is 0.467 e. The predicted octanol–water partition coefficient (Wildman–Crippen LogP) is 5.09. The van der Waals surface area contributed by atoms with Gasteiger partial charge >= 0.3 is 5.97 Å². The minimum Gasteiger partial charge on any atom is -0.467 e. The van der Waals surface area contributed by atoms with Gasteiger partial charge in [0.1, 0.15) is 17.6 Å². The summed E-state index contributed by atoms with van der Waals surface area (Å²) in [7, 11) is 0. The second-order valence-corrected chi connectivity index (χ2v) is 8.25. The van der Waals surface area contributed by atoms with Crippen LogP contribution in [0.1, 0.15) is 45.6 Å². The van der Waals surface area contributed by atoms with Crippen LogP contribution >= 0.6 is 0 Å². The number of carbonyl (C=O) groups excluding carboxylic acids is 2. The number of rotatable bonds is 6. The molecule has 0 N–H and O–H groups in total. The number of nitrogens with zero attached hydrogens (tertiary/aromatic N) is 3. The van der Waals surface area contributed by atoms with Crippen LogP contribution in [-0.4, -0.2) is 34.2 Å². The summed E-state index contributed by atoms with van der Waals surface area (Å²) in [6.45, 7) is 3.15. The number of furan rings is 1. The zero-order valence-electron chi connectivity index (χ0n) is 19.3. The van der Waals surface area contributed by atoms with Crippen molar-refractivity contribution in [2.75, 3.05) is 6.61 Å². The first kappa shape index (κ1) is 22.3. The second kappa shape index (κ2) is 9.42. The number of hydrogen-bond acceptors (Lipinski definition) is 7. The lowest BCUT2D eigenvalue weighted by Crippen LogP contribution is -2.31. The summed E-state index contributed by atoms with van der Waals surface area (Å²) in [5.41, 5.74) is 3.58. The first-order valence-electron chi connectivity index (χ1n) is 11.2. The van der Waals surface area contributed by atoms with E-state index in [-0.39, 0.29) is 5.69 Å². The number of esters is 1. The van der Waals surface area contributed by atoms with E-state index in [0.717, 1.165) is 22.4 Å². The Morgan fingerprint density at radius 3 is 2.49 bits per heavy atom. The number of hydrogen-bond donors (Lipinski definition) is 0. The Bertz CT molecular complexity index is 1370. The van der Waals surface area contributed by atoms with E-state index >= 15 is 0 Å². The Labute approximate surface area is 201 Å². The Morgan fingerprint density at radius 2 is 1.77 bits per heavy atom. The first-order chi connectivity index (χ1) is 17.0. The SMILES string of the molecule is Cc1ccc(C2=NN(C(=O)COC(=O)c3nc(-c4ccccc4)oc3C)C(c3ccco3)C2)cc1. The molecule has 2 aromatic heterocycles. The van der Waals surface area contributed by atoms with Gasteiger partial charge in [-0.3, -0.25) is 4.79 Å². The molecule has 0 radical (unpaired) electrons. The fourth-order valence-electron chi connectivity index (χ4n) is 3.92. The Balaban J connectivity index is 1.32. The average Bonchev–Trinajstić information content (AvgIpc) is 3.63. The molecule has 8 nitrogen and oxygen atoms in total. The van der Waals surface area contributed by atoms with E-state index in [1.807, 2.05) is 61.5 Å². The third-order valence-corrected chi connectivity index (χ3v) is 5.76. The molecule has 5 rings (SSSR count). The molecule has 0 fully saturated rings. The van der Waals surface area contributed by atoms with Gasteiger partial charge in [-0.05, 0) is 43.7 Å². The Hall–Kier alpha value is -4.46. The van der Waals surface area contributed by atoms with Crippen molar-refractivity contribution in [2.45, 2.75) is 26.3 Å². The molecule has 0 saturated heterocycles. The Kier molecular flexibility index (Phi) is 6.01. The van der Waals surface area contributed by atoms with Crippen molar-refractivity contribution < 1.29 is 23.2 Å². The van der Waals surface area contributed by atoms with Gasteiger partial charge in [-0.2, -0.15) is 5.10 Å². The molecule has 1 unspecified atom stereocenters. The van der Waals surface area contributed by atoms with Crippen molar-refractivity contribution in [2.24, 2.45) is 5.10 Å². The standard InChI is InChI=1S/C27H23N3O5/c1-17-10-12-19(13-11-17)21-15-22(23-9-6-14-33-23)30(29-21)24(31)16-34-27(32)25-18(2)35-26(28-25)20-7-4-3-5-8-20/h3-14,22H,15-16H2,1-2H3. The number of benzene rings is 2. The van der Waals surface area contributed by atoms with Crippen molar-refractivity contribution in [3.05, 3.63) is 101 Å². The van der Waals surface area contributed by atoms with Crippen LogP contribution in [0, 0.1) is 13.8 Å². The minimum atomic E-state index is -0.738. The van der Waals surface area contributed by atoms with Crippen LogP contribution < -0.4 is 0 Å². The van der Waals surface area contributed by atoms with Crippen LogP contribution in [0.3, 0.4) is 0 Å². The topological polar surface area (TPSA) is 98.1 Å². The summed E-state index contributed by atoms with van der Waals surface area (Å²) >= 11 is 0. The summed E-state index contributed by atoms with van der Waals surface area (Å²) in [6.07, 6.45) is 2.04. The fraction of sp³-hybridized carbons (Fsp3) is 0.185. The monoisotopic (exact) mass is 469 g/mol. The van der Waals surface area contributed by atoms with Gasteiger partial charge < -0.3 is 13.6 Å². The molecule has 1 amide bonds. The van der Waals surface area contributed by atoms with E-state index in [9.17, 15) is 9.59 Å². The summed E-state index contributed by atoms with van der Waals surface area (Å²) in [5, 5.41) is 5.88. The van der Waals surface area contributed by atoms with E-state index in [0.29, 0.717) is 23.8 Å². The molecular formula is C27H23N3O5. The maximum atomic E-state index is 13.1. The quantitative estimate of drug-likeness (QED) is 0.365. The number of amides is 1. The van der Waals surface area contributed by atoms with Crippen molar-refractivity contribution in [1.82, 2.24) is 9.99 Å². The van der Waals surface area contributed by atoms with Crippen LogP contribution in [-0.2, 0) is 9.53 Å². The van der Waals surface area contributed by atoms with Crippen LogP contribution in [0.5, 0.6) is 0 Å². The minimum absolute atomic E-state index is 0.0319. The molecule has 1 aliphatic rings. The van der Waals surface area contributed by atoms with Crippen LogP contribution in [0.15, 0.2) is 86.9 Å². The maximum Gasteiger partial charge on any atom is 0.361 e. The molecule has 1 aliphatic heterocycles. The van der Waals surface area contributed by atoms with Crippen LogP contribution in [0.2, 0.25) is 0 Å². The van der Waals surface area contributed by atoms with Gasteiger partial charge in [0.25, 0.3) is 5.91 Å². The molecule has 4 aromatic rings. The molecule has 0 bridgehead atoms. The third-order valence-electron chi connectivity index (χ3n) is 5.76. The van der Waals surface area contributed by atoms with E-state index in [4.69, 9.17) is 13.6 Å². The highest BCUT2D eigenvalue weighted by Gasteiger charge is 2.35. The lowest BCUT2D eigenvalue weighted by molar-refractivity contribution is -0.136. The van der Waals surface area contributed by atoms with Gasteiger partial charge in [-0.15, -0.1) is 0 Å². The summed E-state index contributed by atoms with van der Waals surface area (Å²) in [6, 6.07) is 20.3. The fourth-order valence-corrected chi connectivity index (χ4v) is 3.92. The maximum absolute atomic E-state index is 13.1. The molecule has 0 aliphatic carbocycles. The predicted molar refractivity (Wildman–Crippen MR) is 128 cm³/mol. The zero-order valence-corrected chi connectivity index (χ0v) is 19.3. The highest BCUT2D eigenvalue weighted by Crippen LogP contribution is 2.33. The number of oxazole rings is 1. The second-order valence-electron chi connectivity index (χ2n) is 8.25. The number of aryl methyl sites for hydroxylation is 2. The number of aromatic nitrogens is 1. The molecule has 1 atom stereocenters. The number of carbonyl (C=O) groups is 2. The van der Waals surface area contributed by atoms with Crippen molar-refractivity contribution in [3.63, 3.8) is 0 Å². The molecule has 0 saturated carbocycles. The number of ether oxygens (including phenoxy) is 1. The molecule has 8 heteroatoms. The Morgan fingerprint density at radius 1 is 1.00 bits per heavy atom. The molecule has 35 heavy (non-hydrogen) atoms. The molecule has 0 spiro atoms. The van der Waals surface area contributed by atoms with Gasteiger partial charge in [0.05, 0.1) is 12.0 Å². The van der Waals surface area contributed by atoms with E-state index in [1.165, 1.54) is 5.01 Å². The molecule has 176 valence electrons. The summed E-state index contributed by atoms with van der Waals surface area (Å²) in [4.78, 5) is 30.0. The summed E-state index contributed by atoms with van der Waals surface area (Å²) < 4.78 is 16.5. The zero-order chi connectivity index (χ0) is 24.4. The van der Waals surface area contributed by atoms with Crippen LogP contribution in [0.4, 0.5) is 0 Å². The molecule has 3 heterocycles. The molecule has 2 aromatic carbocycles. The smallest absolute Gasteiger partial charge is 0.361 e. The summed E-state index contributed by atoms with van der Waals surface area (Å²) in [5.74, 6) is 0.0294. The van der Waals surface area contributed by atoms with Gasteiger partial charge in [0.2, 0.25) is 5.89 Å². The van der Waals surface area contributed by atoms with Gasteiger partial charge in [-0.25, -0.2) is 14.8 Å². The van der Waals surface area contributed by atoms with E-state index in [1.54, 1.807) is 25.3 Å². The normalized spacial score (nSPS) is 15.2. The number of hydrazone groups is 1. The van der Waals surface area contributed by atoms with E-state index < -0.39 is 24.5 Å². The highest BCUT2D eigenvalue weighted by atomic mass is 16.5.